The molecule has 0 amide bonds. The Morgan fingerprint density at radius 3 is 1.62 bits per heavy atom. The molecule has 0 aliphatic heterocycles. The lowest BCUT2D eigenvalue weighted by Gasteiger charge is -2.28. The van der Waals surface area contributed by atoms with Crippen LogP contribution in [-0.2, 0) is 19.1 Å². The summed E-state index contributed by atoms with van der Waals surface area (Å²) in [6.07, 6.45) is 6.56. The zero-order valence-corrected chi connectivity index (χ0v) is 13.3. The molecular formula is C17H28O4. The van der Waals surface area contributed by atoms with Crippen LogP contribution < -0.4 is 0 Å². The Balaban J connectivity index is 1.88. The van der Waals surface area contributed by atoms with Crippen molar-refractivity contribution in [3.05, 3.63) is 0 Å². The first-order chi connectivity index (χ1) is 10.2. The van der Waals surface area contributed by atoms with E-state index in [2.05, 4.69) is 13.8 Å². The Hall–Kier alpha value is -1.06. The summed E-state index contributed by atoms with van der Waals surface area (Å²) in [4.78, 5) is 24.5. The van der Waals surface area contributed by atoms with Crippen LogP contribution in [0.2, 0.25) is 0 Å². The average molecular weight is 296 g/mol. The van der Waals surface area contributed by atoms with Crippen molar-refractivity contribution in [3.63, 3.8) is 0 Å². The number of fused-ring (bicyclic) bond motifs is 1. The summed E-state index contributed by atoms with van der Waals surface area (Å²) < 4.78 is 10.7. The summed E-state index contributed by atoms with van der Waals surface area (Å²) in [6.45, 7) is 5.07. The third kappa shape index (κ3) is 4.45. The number of ether oxygens (including phenoxy) is 2. The van der Waals surface area contributed by atoms with Gasteiger partial charge in [-0.05, 0) is 43.9 Å². The quantitative estimate of drug-likeness (QED) is 0.509. The fraction of sp³-hybridized carbons (Fsp3) is 0.882. The zero-order valence-electron chi connectivity index (χ0n) is 13.3. The maximum absolute atomic E-state index is 12.3. The SMILES string of the molecule is CCCCOC(=O)C1CC2CC2CC1C(=O)OCCCC. The standard InChI is InChI=1S/C17H28O4/c1-3-5-7-20-16(18)14-10-12-9-13(12)11-15(14)17(19)21-8-6-4-2/h12-15H,3-11H2,1-2H3. The van der Waals surface area contributed by atoms with Gasteiger partial charge in [0, 0.05) is 0 Å². The molecule has 2 aliphatic carbocycles. The number of hydrogen-bond acceptors (Lipinski definition) is 4. The van der Waals surface area contributed by atoms with Crippen molar-refractivity contribution in [1.29, 1.82) is 0 Å². The highest BCUT2D eigenvalue weighted by atomic mass is 16.5. The van der Waals surface area contributed by atoms with Crippen molar-refractivity contribution in [2.45, 2.75) is 58.8 Å². The van der Waals surface area contributed by atoms with E-state index >= 15 is 0 Å². The number of rotatable bonds is 8. The Kier molecular flexibility index (Phi) is 6.07. The van der Waals surface area contributed by atoms with Gasteiger partial charge in [0.25, 0.3) is 0 Å². The molecule has 21 heavy (non-hydrogen) atoms. The van der Waals surface area contributed by atoms with Crippen molar-refractivity contribution >= 4 is 11.9 Å². The van der Waals surface area contributed by atoms with E-state index in [0.29, 0.717) is 25.0 Å². The lowest BCUT2D eigenvalue weighted by Crippen LogP contribution is -2.36. The Morgan fingerprint density at radius 1 is 0.810 bits per heavy atom. The van der Waals surface area contributed by atoms with Gasteiger partial charge in [0.05, 0.1) is 25.0 Å². The van der Waals surface area contributed by atoms with Gasteiger partial charge in [0.1, 0.15) is 0 Å². The van der Waals surface area contributed by atoms with Gasteiger partial charge in [-0.1, -0.05) is 26.7 Å². The Morgan fingerprint density at radius 2 is 1.24 bits per heavy atom. The van der Waals surface area contributed by atoms with Crippen LogP contribution in [-0.4, -0.2) is 25.2 Å². The van der Waals surface area contributed by atoms with E-state index in [0.717, 1.165) is 44.9 Å². The van der Waals surface area contributed by atoms with Crippen molar-refractivity contribution in [1.82, 2.24) is 0 Å². The van der Waals surface area contributed by atoms with Gasteiger partial charge in [-0.25, -0.2) is 0 Å². The van der Waals surface area contributed by atoms with Crippen LogP contribution in [0.5, 0.6) is 0 Å². The second-order valence-electron chi connectivity index (χ2n) is 6.48. The minimum Gasteiger partial charge on any atom is -0.465 e. The van der Waals surface area contributed by atoms with Crippen molar-refractivity contribution in [2.24, 2.45) is 23.7 Å². The highest BCUT2D eigenvalue weighted by Crippen LogP contribution is 2.54. The maximum atomic E-state index is 12.3. The molecule has 4 heteroatoms. The van der Waals surface area contributed by atoms with Gasteiger partial charge in [-0.3, -0.25) is 9.59 Å². The molecule has 4 atom stereocenters. The lowest BCUT2D eigenvalue weighted by molar-refractivity contribution is -0.163. The number of carbonyl (C=O) groups is 2. The molecule has 2 rings (SSSR count). The van der Waals surface area contributed by atoms with E-state index in [1.54, 1.807) is 0 Å². The summed E-state index contributed by atoms with van der Waals surface area (Å²) in [7, 11) is 0. The smallest absolute Gasteiger partial charge is 0.309 e. The van der Waals surface area contributed by atoms with Gasteiger partial charge in [0.2, 0.25) is 0 Å². The molecule has 0 saturated heterocycles. The van der Waals surface area contributed by atoms with Crippen LogP contribution in [0.15, 0.2) is 0 Å². The number of hydrogen-bond donors (Lipinski definition) is 0. The molecule has 2 saturated carbocycles. The van der Waals surface area contributed by atoms with E-state index < -0.39 is 0 Å². The van der Waals surface area contributed by atoms with Crippen LogP contribution in [0.25, 0.3) is 0 Å². The second kappa shape index (κ2) is 7.81. The molecule has 0 N–H and O–H groups in total. The van der Waals surface area contributed by atoms with Gasteiger partial charge >= 0.3 is 11.9 Å². The highest BCUT2D eigenvalue weighted by Gasteiger charge is 2.51. The molecule has 0 heterocycles. The number of esters is 2. The molecule has 0 bridgehead atoms. The van der Waals surface area contributed by atoms with Crippen molar-refractivity contribution in [2.75, 3.05) is 13.2 Å². The minimum atomic E-state index is -0.278. The highest BCUT2D eigenvalue weighted by molar-refractivity contribution is 5.82. The van der Waals surface area contributed by atoms with Gasteiger partial charge in [0.15, 0.2) is 0 Å². The van der Waals surface area contributed by atoms with Crippen molar-refractivity contribution in [3.8, 4) is 0 Å². The van der Waals surface area contributed by atoms with Gasteiger partial charge < -0.3 is 9.47 Å². The summed E-state index contributed by atoms with van der Waals surface area (Å²) in [6, 6.07) is 0. The molecule has 0 aromatic heterocycles. The summed E-state index contributed by atoms with van der Waals surface area (Å²) >= 11 is 0. The average Bonchev–Trinajstić information content (AvgIpc) is 3.24. The number of unbranched alkanes of at least 4 members (excludes halogenated alkanes) is 2. The summed E-state index contributed by atoms with van der Waals surface area (Å²) in [5.74, 6) is 0.332. The predicted octanol–water partition coefficient (Wildman–Crippen LogP) is 3.34. The predicted molar refractivity (Wildman–Crippen MR) is 79.5 cm³/mol. The normalized spacial score (nSPS) is 30.4. The third-order valence-electron chi connectivity index (χ3n) is 4.76. The fourth-order valence-electron chi connectivity index (χ4n) is 3.24. The van der Waals surface area contributed by atoms with Crippen LogP contribution in [0.4, 0.5) is 0 Å². The van der Waals surface area contributed by atoms with E-state index in [-0.39, 0.29) is 23.8 Å². The van der Waals surface area contributed by atoms with E-state index in [9.17, 15) is 9.59 Å². The minimum absolute atomic E-state index is 0.189. The zero-order chi connectivity index (χ0) is 15.2. The van der Waals surface area contributed by atoms with Crippen LogP contribution in [0.3, 0.4) is 0 Å². The topological polar surface area (TPSA) is 52.6 Å². The Labute approximate surface area is 127 Å². The molecule has 4 unspecified atom stereocenters. The van der Waals surface area contributed by atoms with Crippen LogP contribution in [0, 0.1) is 23.7 Å². The first-order valence-electron chi connectivity index (χ1n) is 8.50. The summed E-state index contributed by atoms with van der Waals surface area (Å²) in [5.41, 5.74) is 0. The Bertz CT molecular complexity index is 332. The first-order valence-corrected chi connectivity index (χ1v) is 8.50. The van der Waals surface area contributed by atoms with Crippen LogP contribution >= 0.6 is 0 Å². The van der Waals surface area contributed by atoms with E-state index in [1.165, 1.54) is 0 Å². The molecule has 120 valence electrons. The number of carbonyl (C=O) groups excluding carboxylic acids is 2. The van der Waals surface area contributed by atoms with Crippen molar-refractivity contribution < 1.29 is 19.1 Å². The lowest BCUT2D eigenvalue weighted by atomic mass is 9.79. The molecule has 2 aliphatic rings. The molecule has 0 aromatic carbocycles. The maximum Gasteiger partial charge on any atom is 0.309 e. The second-order valence-corrected chi connectivity index (χ2v) is 6.48. The molecule has 4 nitrogen and oxygen atoms in total. The molecule has 0 spiro atoms. The van der Waals surface area contributed by atoms with Crippen LogP contribution in [0.1, 0.15) is 58.8 Å². The summed E-state index contributed by atoms with van der Waals surface area (Å²) in [5, 5.41) is 0. The van der Waals surface area contributed by atoms with Gasteiger partial charge in [-0.15, -0.1) is 0 Å². The molecule has 0 radical (unpaired) electrons. The first kappa shape index (κ1) is 16.3. The van der Waals surface area contributed by atoms with E-state index in [4.69, 9.17) is 9.47 Å². The third-order valence-corrected chi connectivity index (χ3v) is 4.76. The molecule has 0 aromatic rings. The monoisotopic (exact) mass is 296 g/mol. The largest absolute Gasteiger partial charge is 0.465 e. The van der Waals surface area contributed by atoms with E-state index in [1.807, 2.05) is 0 Å². The fourth-order valence-corrected chi connectivity index (χ4v) is 3.24. The van der Waals surface area contributed by atoms with Gasteiger partial charge in [-0.2, -0.15) is 0 Å². The molecule has 2 fully saturated rings. The molecular weight excluding hydrogens is 268 g/mol.